The van der Waals surface area contributed by atoms with Gasteiger partial charge in [0.2, 0.25) is 0 Å². The van der Waals surface area contributed by atoms with E-state index in [0.717, 1.165) is 18.4 Å². The van der Waals surface area contributed by atoms with Crippen LogP contribution in [-0.2, 0) is 6.54 Å². The number of H-pyrrole nitrogens is 1. The molecule has 31 heavy (non-hydrogen) atoms. The van der Waals surface area contributed by atoms with Crippen molar-refractivity contribution in [2.75, 3.05) is 13.1 Å². The van der Waals surface area contributed by atoms with Crippen molar-refractivity contribution >= 4 is 17.1 Å². The normalized spacial score (nSPS) is 16.5. The van der Waals surface area contributed by atoms with Gasteiger partial charge in [0.1, 0.15) is 5.82 Å². The van der Waals surface area contributed by atoms with Crippen LogP contribution in [0.2, 0.25) is 0 Å². The first-order valence-electron chi connectivity index (χ1n) is 10.4. The molecule has 1 fully saturated rings. The zero-order chi connectivity index (χ0) is 21.2. The van der Waals surface area contributed by atoms with Crippen LogP contribution < -0.4 is 5.56 Å². The van der Waals surface area contributed by atoms with Gasteiger partial charge in [-0.25, -0.2) is 9.67 Å². The number of fused-ring (bicyclic) bond motifs is 1. The highest BCUT2D eigenvalue weighted by Gasteiger charge is 2.28. The van der Waals surface area contributed by atoms with E-state index >= 15 is 0 Å². The number of carbonyl (C=O) groups is 1. The molecule has 2 aromatic carbocycles. The zero-order valence-electron chi connectivity index (χ0n) is 16.9. The van der Waals surface area contributed by atoms with Crippen molar-refractivity contribution in [1.82, 2.24) is 29.9 Å². The molecule has 1 atom stereocenters. The summed E-state index contributed by atoms with van der Waals surface area (Å²) in [7, 11) is 0. The van der Waals surface area contributed by atoms with E-state index in [0.29, 0.717) is 36.7 Å². The van der Waals surface area contributed by atoms with Crippen LogP contribution in [0.25, 0.3) is 11.2 Å². The quantitative estimate of drug-likeness (QED) is 0.554. The lowest BCUT2D eigenvalue weighted by molar-refractivity contribution is 0.0704. The Kier molecular flexibility index (Phi) is 5.03. The minimum atomic E-state index is -0.300. The van der Waals surface area contributed by atoms with Crippen LogP contribution in [0.5, 0.6) is 0 Å². The molecule has 0 saturated carbocycles. The number of piperidine rings is 1. The average Bonchev–Trinajstić information content (AvgIpc) is 3.23. The van der Waals surface area contributed by atoms with E-state index in [1.807, 2.05) is 65.6 Å². The largest absolute Gasteiger partial charge is 0.338 e. The molecule has 0 spiro atoms. The zero-order valence-corrected chi connectivity index (χ0v) is 16.9. The van der Waals surface area contributed by atoms with Gasteiger partial charge in [0, 0.05) is 24.6 Å². The molecule has 5 rings (SSSR count). The Balaban J connectivity index is 1.43. The molecule has 4 aromatic rings. The van der Waals surface area contributed by atoms with Gasteiger partial charge in [-0.2, -0.15) is 0 Å². The Morgan fingerprint density at radius 3 is 2.58 bits per heavy atom. The Bertz CT molecular complexity index is 1270. The van der Waals surface area contributed by atoms with E-state index in [9.17, 15) is 9.59 Å². The molecule has 1 saturated heterocycles. The number of rotatable bonds is 4. The number of amides is 1. The molecule has 0 bridgehead atoms. The Morgan fingerprint density at radius 1 is 1.06 bits per heavy atom. The fourth-order valence-corrected chi connectivity index (χ4v) is 4.09. The highest BCUT2D eigenvalue weighted by Crippen LogP contribution is 2.25. The molecule has 1 N–H and O–H groups in total. The van der Waals surface area contributed by atoms with Crippen molar-refractivity contribution in [2.24, 2.45) is 0 Å². The number of nitrogens with zero attached hydrogens (tertiary/aromatic N) is 5. The van der Waals surface area contributed by atoms with Crippen molar-refractivity contribution in [2.45, 2.75) is 25.3 Å². The minimum Gasteiger partial charge on any atom is -0.338 e. The lowest BCUT2D eigenvalue weighted by atomic mass is 9.96. The summed E-state index contributed by atoms with van der Waals surface area (Å²) in [5.74, 6) is 0.544. The first-order valence-corrected chi connectivity index (χ1v) is 10.4. The molecule has 3 heterocycles. The Morgan fingerprint density at radius 2 is 1.81 bits per heavy atom. The molecule has 0 aliphatic carbocycles. The van der Waals surface area contributed by atoms with E-state index in [-0.39, 0.29) is 22.9 Å². The van der Waals surface area contributed by atoms with E-state index in [2.05, 4.69) is 15.3 Å². The van der Waals surface area contributed by atoms with E-state index < -0.39 is 0 Å². The second-order valence-corrected chi connectivity index (χ2v) is 7.81. The van der Waals surface area contributed by atoms with Crippen molar-refractivity contribution in [3.63, 3.8) is 0 Å². The van der Waals surface area contributed by atoms with E-state index in [1.165, 1.54) is 0 Å². The van der Waals surface area contributed by atoms with Gasteiger partial charge in [0.05, 0.1) is 6.54 Å². The number of likely N-dealkylation sites (tertiary alicyclic amines) is 1. The van der Waals surface area contributed by atoms with Crippen LogP contribution in [0.1, 0.15) is 40.5 Å². The molecular weight excluding hydrogens is 392 g/mol. The van der Waals surface area contributed by atoms with Gasteiger partial charge in [-0.15, -0.1) is 5.10 Å². The second-order valence-electron chi connectivity index (χ2n) is 7.81. The molecule has 156 valence electrons. The third-order valence-corrected chi connectivity index (χ3v) is 5.68. The van der Waals surface area contributed by atoms with Crippen molar-refractivity contribution in [3.8, 4) is 0 Å². The predicted octanol–water partition coefficient (Wildman–Crippen LogP) is 2.58. The maximum Gasteiger partial charge on any atom is 0.281 e. The third-order valence-electron chi connectivity index (χ3n) is 5.68. The summed E-state index contributed by atoms with van der Waals surface area (Å²) in [5, 5.41) is 8.17. The molecule has 1 aliphatic heterocycles. The molecule has 1 aliphatic rings. The molecule has 1 amide bonds. The fourth-order valence-electron chi connectivity index (χ4n) is 4.09. The molecule has 8 nitrogen and oxygen atoms in total. The first kappa shape index (κ1) is 19.2. The summed E-state index contributed by atoms with van der Waals surface area (Å²) in [5.41, 5.74) is 2.12. The number of hydrogen-bond donors (Lipinski definition) is 1. The van der Waals surface area contributed by atoms with Crippen LogP contribution in [-0.4, -0.2) is 48.9 Å². The van der Waals surface area contributed by atoms with Gasteiger partial charge in [-0.05, 0) is 30.5 Å². The van der Waals surface area contributed by atoms with Crippen LogP contribution in [0, 0.1) is 0 Å². The smallest absolute Gasteiger partial charge is 0.281 e. The Labute approximate surface area is 178 Å². The van der Waals surface area contributed by atoms with Crippen LogP contribution in [0.15, 0.2) is 65.5 Å². The van der Waals surface area contributed by atoms with Crippen molar-refractivity contribution in [3.05, 3.63) is 88.0 Å². The highest BCUT2D eigenvalue weighted by molar-refractivity contribution is 5.94. The number of carbonyl (C=O) groups excluding carboxylic acids is 1. The van der Waals surface area contributed by atoms with Crippen LogP contribution in [0.3, 0.4) is 0 Å². The number of benzene rings is 2. The monoisotopic (exact) mass is 414 g/mol. The number of aromatic nitrogens is 5. The van der Waals surface area contributed by atoms with Gasteiger partial charge in [0.25, 0.3) is 11.5 Å². The lowest BCUT2D eigenvalue weighted by Gasteiger charge is -2.32. The minimum absolute atomic E-state index is 0.00418. The summed E-state index contributed by atoms with van der Waals surface area (Å²) >= 11 is 0. The van der Waals surface area contributed by atoms with Gasteiger partial charge in [0.15, 0.2) is 11.2 Å². The topological polar surface area (TPSA) is 96.8 Å². The predicted molar refractivity (Wildman–Crippen MR) is 116 cm³/mol. The van der Waals surface area contributed by atoms with Gasteiger partial charge >= 0.3 is 0 Å². The number of aromatic amines is 1. The summed E-state index contributed by atoms with van der Waals surface area (Å²) in [6.45, 7) is 1.70. The molecular formula is C23H22N6O2. The molecule has 8 heteroatoms. The maximum absolute atomic E-state index is 12.9. The van der Waals surface area contributed by atoms with Gasteiger partial charge in [-0.3, -0.25) is 9.59 Å². The van der Waals surface area contributed by atoms with Gasteiger partial charge in [-0.1, -0.05) is 53.7 Å². The second kappa shape index (κ2) is 8.14. The van der Waals surface area contributed by atoms with Crippen LogP contribution >= 0.6 is 0 Å². The standard InChI is InChI=1S/C23H22N6O2/c30-22-19-21(29(27-26-19)14-16-8-3-1-4-9-16)24-20(25-22)18-12-7-13-28(15-18)23(31)17-10-5-2-6-11-17/h1-6,8-11,18H,7,12-15H2,(H,24,25,30)/t18-/m0/s1. The fraction of sp³-hybridized carbons (Fsp3) is 0.261. The Hall–Kier alpha value is -3.81. The van der Waals surface area contributed by atoms with E-state index in [4.69, 9.17) is 4.98 Å². The third kappa shape index (κ3) is 3.84. The van der Waals surface area contributed by atoms with Gasteiger partial charge < -0.3 is 9.88 Å². The highest BCUT2D eigenvalue weighted by atomic mass is 16.2. The molecule has 0 unspecified atom stereocenters. The van der Waals surface area contributed by atoms with Crippen molar-refractivity contribution in [1.29, 1.82) is 0 Å². The summed E-state index contributed by atoms with van der Waals surface area (Å²) < 4.78 is 1.65. The average molecular weight is 414 g/mol. The lowest BCUT2D eigenvalue weighted by Crippen LogP contribution is -2.39. The SMILES string of the molecule is O=C(c1ccccc1)N1CCC[C@H](c2nc3c(nnn3Cc3ccccc3)c(=O)[nH]2)C1. The maximum atomic E-state index is 12.9. The molecule has 0 radical (unpaired) electrons. The van der Waals surface area contributed by atoms with Crippen molar-refractivity contribution < 1.29 is 4.79 Å². The van der Waals surface area contributed by atoms with E-state index in [1.54, 1.807) is 4.68 Å². The number of hydrogen-bond acceptors (Lipinski definition) is 5. The number of nitrogens with one attached hydrogen (secondary N) is 1. The van der Waals surface area contributed by atoms with Crippen LogP contribution in [0.4, 0.5) is 0 Å². The molecule has 2 aromatic heterocycles. The first-order chi connectivity index (χ1) is 15.2. The summed E-state index contributed by atoms with van der Waals surface area (Å²) in [4.78, 5) is 35.0. The summed E-state index contributed by atoms with van der Waals surface area (Å²) in [6.07, 6.45) is 1.71. The summed E-state index contributed by atoms with van der Waals surface area (Å²) in [6, 6.07) is 19.1.